The zero-order valence-electron chi connectivity index (χ0n) is 11.5. The maximum atomic E-state index is 13.5. The molecule has 0 aliphatic rings. The van der Waals surface area contributed by atoms with Crippen LogP contribution in [0.15, 0.2) is 18.3 Å². The van der Waals surface area contributed by atoms with Crippen LogP contribution in [-0.2, 0) is 6.42 Å². The molecule has 112 valence electrons. The first-order valence-electron chi connectivity index (χ1n) is 6.50. The summed E-state index contributed by atoms with van der Waals surface area (Å²) in [6, 6.07) is 1.61. The van der Waals surface area contributed by atoms with Gasteiger partial charge in [0.1, 0.15) is 11.6 Å². The Balaban J connectivity index is 1.88. The predicted octanol–water partition coefficient (Wildman–Crippen LogP) is 1.94. The van der Waals surface area contributed by atoms with Crippen LogP contribution >= 0.6 is 0 Å². The van der Waals surface area contributed by atoms with Gasteiger partial charge in [0, 0.05) is 18.3 Å². The summed E-state index contributed by atoms with van der Waals surface area (Å²) in [6.07, 6.45) is 3.17. The SMILES string of the molecule is Cc1[nH]ncc1CCCNC(=O)c1cc(N)c(F)cc1F. The summed E-state index contributed by atoms with van der Waals surface area (Å²) in [4.78, 5) is 11.8. The van der Waals surface area contributed by atoms with Gasteiger partial charge in [0.15, 0.2) is 0 Å². The number of nitrogen functional groups attached to an aromatic ring is 1. The monoisotopic (exact) mass is 294 g/mol. The fourth-order valence-corrected chi connectivity index (χ4v) is 1.94. The molecule has 1 heterocycles. The number of anilines is 1. The van der Waals surface area contributed by atoms with Gasteiger partial charge in [-0.25, -0.2) is 8.78 Å². The molecule has 0 aliphatic heterocycles. The maximum absolute atomic E-state index is 13.5. The van der Waals surface area contributed by atoms with Crippen LogP contribution in [0.3, 0.4) is 0 Å². The van der Waals surface area contributed by atoms with Gasteiger partial charge in [-0.2, -0.15) is 5.10 Å². The topological polar surface area (TPSA) is 83.8 Å². The van der Waals surface area contributed by atoms with E-state index in [1.165, 1.54) is 0 Å². The average Bonchev–Trinajstić information content (AvgIpc) is 2.84. The standard InChI is InChI=1S/C14H16F2N4O/c1-8-9(7-19-20-8)3-2-4-18-14(21)10-5-13(17)12(16)6-11(10)15/h5-7H,2-4,17H2,1H3,(H,18,21)(H,19,20). The van der Waals surface area contributed by atoms with E-state index in [1.807, 2.05) is 6.92 Å². The molecule has 0 unspecified atom stereocenters. The highest BCUT2D eigenvalue weighted by molar-refractivity contribution is 5.95. The van der Waals surface area contributed by atoms with Crippen LogP contribution in [0.5, 0.6) is 0 Å². The number of hydrogen-bond donors (Lipinski definition) is 3. The second kappa shape index (κ2) is 6.34. The number of H-pyrrole nitrogens is 1. The second-order valence-electron chi connectivity index (χ2n) is 4.73. The number of halogens is 2. The number of carbonyl (C=O) groups is 1. The molecule has 5 nitrogen and oxygen atoms in total. The second-order valence-corrected chi connectivity index (χ2v) is 4.73. The zero-order valence-corrected chi connectivity index (χ0v) is 11.5. The molecule has 7 heteroatoms. The van der Waals surface area contributed by atoms with E-state index in [-0.39, 0.29) is 11.3 Å². The first kappa shape index (κ1) is 15.0. The molecule has 21 heavy (non-hydrogen) atoms. The van der Waals surface area contributed by atoms with Gasteiger partial charge in [-0.15, -0.1) is 0 Å². The molecule has 0 saturated heterocycles. The van der Waals surface area contributed by atoms with Crippen LogP contribution in [0, 0.1) is 18.6 Å². The van der Waals surface area contributed by atoms with Crippen molar-refractivity contribution in [1.29, 1.82) is 0 Å². The van der Waals surface area contributed by atoms with Gasteiger partial charge in [0.05, 0.1) is 17.4 Å². The fourth-order valence-electron chi connectivity index (χ4n) is 1.94. The maximum Gasteiger partial charge on any atom is 0.254 e. The number of nitrogens with two attached hydrogens (primary N) is 1. The van der Waals surface area contributed by atoms with Crippen molar-refractivity contribution in [2.75, 3.05) is 12.3 Å². The molecule has 1 aromatic carbocycles. The highest BCUT2D eigenvalue weighted by atomic mass is 19.1. The van der Waals surface area contributed by atoms with E-state index in [2.05, 4.69) is 15.5 Å². The normalized spacial score (nSPS) is 10.6. The number of aromatic nitrogens is 2. The van der Waals surface area contributed by atoms with Crippen molar-refractivity contribution in [3.8, 4) is 0 Å². The molecule has 0 fully saturated rings. The van der Waals surface area contributed by atoms with Crippen molar-refractivity contribution in [3.63, 3.8) is 0 Å². The summed E-state index contributed by atoms with van der Waals surface area (Å²) in [7, 11) is 0. The number of aromatic amines is 1. The third kappa shape index (κ3) is 3.56. The van der Waals surface area contributed by atoms with Crippen molar-refractivity contribution in [2.45, 2.75) is 19.8 Å². The van der Waals surface area contributed by atoms with Crippen LogP contribution in [-0.4, -0.2) is 22.6 Å². The van der Waals surface area contributed by atoms with E-state index in [1.54, 1.807) is 6.20 Å². The van der Waals surface area contributed by atoms with Crippen molar-refractivity contribution in [3.05, 3.63) is 46.8 Å². The minimum absolute atomic E-state index is 0.254. The number of benzene rings is 1. The number of aryl methyl sites for hydroxylation is 2. The van der Waals surface area contributed by atoms with Crippen molar-refractivity contribution in [2.24, 2.45) is 0 Å². The molecule has 2 rings (SSSR count). The molecular weight excluding hydrogens is 278 g/mol. The summed E-state index contributed by atoms with van der Waals surface area (Å²) in [5.41, 5.74) is 6.88. The number of rotatable bonds is 5. The molecule has 0 bridgehead atoms. The Hall–Kier alpha value is -2.44. The van der Waals surface area contributed by atoms with Crippen LogP contribution in [0.4, 0.5) is 14.5 Å². The Kier molecular flexibility index (Phi) is 4.52. The van der Waals surface area contributed by atoms with Crippen molar-refractivity contribution in [1.82, 2.24) is 15.5 Å². The number of nitrogens with one attached hydrogen (secondary N) is 2. The van der Waals surface area contributed by atoms with Crippen molar-refractivity contribution < 1.29 is 13.6 Å². The van der Waals surface area contributed by atoms with Crippen molar-refractivity contribution >= 4 is 11.6 Å². The predicted molar refractivity (Wildman–Crippen MR) is 74.7 cm³/mol. The molecule has 4 N–H and O–H groups in total. The lowest BCUT2D eigenvalue weighted by Gasteiger charge is -2.07. The first-order chi connectivity index (χ1) is 9.99. The van der Waals surface area contributed by atoms with E-state index < -0.39 is 17.5 Å². The number of amides is 1. The quantitative estimate of drug-likeness (QED) is 0.582. The molecule has 2 aromatic rings. The molecule has 1 aromatic heterocycles. The third-order valence-corrected chi connectivity index (χ3v) is 3.17. The smallest absolute Gasteiger partial charge is 0.254 e. The van der Waals surface area contributed by atoms with Gasteiger partial charge in [-0.3, -0.25) is 9.89 Å². The summed E-state index contributed by atoms with van der Waals surface area (Å²) in [6.45, 7) is 2.29. The minimum Gasteiger partial charge on any atom is -0.396 e. The Labute approximate surface area is 120 Å². The Morgan fingerprint density at radius 1 is 1.38 bits per heavy atom. The number of nitrogens with zero attached hydrogens (tertiary/aromatic N) is 1. The van der Waals surface area contributed by atoms with Crippen LogP contribution in [0.1, 0.15) is 28.0 Å². The molecule has 0 aliphatic carbocycles. The Morgan fingerprint density at radius 3 is 2.81 bits per heavy atom. The molecule has 0 radical (unpaired) electrons. The lowest BCUT2D eigenvalue weighted by molar-refractivity contribution is 0.0949. The van der Waals surface area contributed by atoms with Gasteiger partial charge in [-0.1, -0.05) is 0 Å². The fraction of sp³-hybridized carbons (Fsp3) is 0.286. The largest absolute Gasteiger partial charge is 0.396 e. The van der Waals surface area contributed by atoms with Crippen LogP contribution in [0.25, 0.3) is 0 Å². The average molecular weight is 294 g/mol. The van der Waals surface area contributed by atoms with Gasteiger partial charge in [0.2, 0.25) is 0 Å². The van der Waals surface area contributed by atoms with Crippen LogP contribution in [0.2, 0.25) is 0 Å². The highest BCUT2D eigenvalue weighted by Gasteiger charge is 2.14. The van der Waals surface area contributed by atoms with E-state index in [0.29, 0.717) is 19.0 Å². The lowest BCUT2D eigenvalue weighted by Crippen LogP contribution is -2.26. The molecule has 0 atom stereocenters. The molecule has 0 spiro atoms. The number of carbonyl (C=O) groups excluding carboxylic acids is 1. The zero-order chi connectivity index (χ0) is 15.4. The molecule has 1 amide bonds. The van der Waals surface area contributed by atoms with Gasteiger partial charge in [0.25, 0.3) is 5.91 Å². The third-order valence-electron chi connectivity index (χ3n) is 3.17. The van der Waals surface area contributed by atoms with E-state index in [4.69, 9.17) is 5.73 Å². The Bertz CT molecular complexity index is 654. The van der Waals surface area contributed by atoms with Crippen LogP contribution < -0.4 is 11.1 Å². The van der Waals surface area contributed by atoms with Gasteiger partial charge in [-0.05, 0) is 31.4 Å². The molecular formula is C14H16F2N4O. The lowest BCUT2D eigenvalue weighted by atomic mass is 10.1. The van der Waals surface area contributed by atoms with Gasteiger partial charge < -0.3 is 11.1 Å². The number of hydrogen-bond acceptors (Lipinski definition) is 3. The van der Waals surface area contributed by atoms with Gasteiger partial charge >= 0.3 is 0 Å². The summed E-state index contributed by atoms with van der Waals surface area (Å²) < 4.78 is 26.5. The Morgan fingerprint density at radius 2 is 2.14 bits per heavy atom. The molecule has 0 saturated carbocycles. The van der Waals surface area contributed by atoms with E-state index in [0.717, 1.165) is 23.7 Å². The first-order valence-corrected chi connectivity index (χ1v) is 6.50. The highest BCUT2D eigenvalue weighted by Crippen LogP contribution is 2.16. The van der Waals surface area contributed by atoms with E-state index >= 15 is 0 Å². The summed E-state index contributed by atoms with van der Waals surface area (Å²) in [5.74, 6) is -2.41. The summed E-state index contributed by atoms with van der Waals surface area (Å²) >= 11 is 0. The minimum atomic E-state index is -0.926. The summed E-state index contributed by atoms with van der Waals surface area (Å²) in [5, 5.41) is 9.31. The van der Waals surface area contributed by atoms with E-state index in [9.17, 15) is 13.6 Å².